The fourth-order valence-corrected chi connectivity index (χ4v) is 2.09. The summed E-state index contributed by atoms with van der Waals surface area (Å²) in [5.41, 5.74) is 0. The van der Waals surface area contributed by atoms with Crippen LogP contribution in [0.3, 0.4) is 0 Å². The van der Waals surface area contributed by atoms with E-state index in [1.165, 1.54) is 32.1 Å². The molecule has 0 amide bonds. The summed E-state index contributed by atoms with van der Waals surface area (Å²) in [7, 11) is 3.39. The Bertz CT molecular complexity index is 139. The van der Waals surface area contributed by atoms with Crippen LogP contribution < -0.4 is 0 Å². The predicted molar refractivity (Wildman–Crippen MR) is 60.1 cm³/mol. The number of methoxy groups -OCH3 is 2. The van der Waals surface area contributed by atoms with Crippen LogP contribution in [0.15, 0.2) is 0 Å². The molecule has 0 radical (unpaired) electrons. The highest BCUT2D eigenvalue weighted by Crippen LogP contribution is 2.23. The van der Waals surface area contributed by atoms with E-state index in [2.05, 4.69) is 0 Å². The lowest BCUT2D eigenvalue weighted by Gasteiger charge is -2.22. The lowest BCUT2D eigenvalue weighted by molar-refractivity contribution is -0.0393. The van der Waals surface area contributed by atoms with Crippen molar-refractivity contribution in [2.24, 2.45) is 5.92 Å². The summed E-state index contributed by atoms with van der Waals surface area (Å²) in [6.07, 6.45) is 6.91. The molecule has 0 aromatic heterocycles. The van der Waals surface area contributed by atoms with Gasteiger partial charge >= 0.3 is 0 Å². The lowest BCUT2D eigenvalue weighted by Crippen LogP contribution is -2.25. The van der Waals surface area contributed by atoms with E-state index < -0.39 is 0 Å². The van der Waals surface area contributed by atoms with Gasteiger partial charge in [-0.3, -0.25) is 0 Å². The van der Waals surface area contributed by atoms with Gasteiger partial charge in [0.15, 0.2) is 0 Å². The summed E-state index contributed by atoms with van der Waals surface area (Å²) in [6.45, 7) is 2.16. The van der Waals surface area contributed by atoms with E-state index in [1.807, 2.05) is 0 Å². The first kappa shape index (κ1) is 12.9. The molecule has 1 fully saturated rings. The third-order valence-electron chi connectivity index (χ3n) is 3.07. The molecule has 90 valence electrons. The minimum Gasteiger partial charge on any atom is -0.382 e. The zero-order valence-electron chi connectivity index (χ0n) is 10.0. The Morgan fingerprint density at radius 1 is 1.07 bits per heavy atom. The molecule has 1 aliphatic carbocycles. The van der Waals surface area contributed by atoms with Gasteiger partial charge in [0.1, 0.15) is 6.10 Å². The monoisotopic (exact) mass is 216 g/mol. The summed E-state index contributed by atoms with van der Waals surface area (Å²) in [6, 6.07) is 0. The standard InChI is InChI=1S/C12H24O3/c1-13-9-12(14-2)10-15-8-11-6-4-3-5-7-11/h11-12H,3-10H2,1-2H3/t12-/m1/s1. The lowest BCUT2D eigenvalue weighted by atomic mass is 9.90. The first-order valence-corrected chi connectivity index (χ1v) is 5.96. The minimum absolute atomic E-state index is 0.0820. The van der Waals surface area contributed by atoms with E-state index in [0.29, 0.717) is 13.2 Å². The van der Waals surface area contributed by atoms with Crippen molar-refractivity contribution in [3.05, 3.63) is 0 Å². The highest BCUT2D eigenvalue weighted by atomic mass is 16.5. The van der Waals surface area contributed by atoms with Gasteiger partial charge < -0.3 is 14.2 Å². The fraction of sp³-hybridized carbons (Fsp3) is 1.00. The average Bonchev–Trinajstić information content (AvgIpc) is 2.29. The maximum atomic E-state index is 5.67. The molecule has 3 nitrogen and oxygen atoms in total. The van der Waals surface area contributed by atoms with Crippen LogP contribution in [0.2, 0.25) is 0 Å². The Morgan fingerprint density at radius 3 is 2.40 bits per heavy atom. The molecular formula is C12H24O3. The first-order valence-electron chi connectivity index (χ1n) is 5.96. The average molecular weight is 216 g/mol. The van der Waals surface area contributed by atoms with Crippen LogP contribution in [0.4, 0.5) is 0 Å². The highest BCUT2D eigenvalue weighted by Gasteiger charge is 2.14. The zero-order valence-corrected chi connectivity index (χ0v) is 10.0. The Morgan fingerprint density at radius 2 is 1.80 bits per heavy atom. The largest absolute Gasteiger partial charge is 0.382 e. The minimum atomic E-state index is 0.0820. The van der Waals surface area contributed by atoms with Crippen molar-refractivity contribution in [3.8, 4) is 0 Å². The van der Waals surface area contributed by atoms with E-state index in [-0.39, 0.29) is 6.10 Å². The zero-order chi connectivity index (χ0) is 10.9. The summed E-state index contributed by atoms with van der Waals surface area (Å²) in [5.74, 6) is 0.777. The third kappa shape index (κ3) is 5.50. The molecule has 0 unspecified atom stereocenters. The molecule has 0 bridgehead atoms. The Hall–Kier alpha value is -0.120. The van der Waals surface area contributed by atoms with Gasteiger partial charge in [-0.05, 0) is 18.8 Å². The molecule has 0 aromatic carbocycles. The molecule has 0 spiro atoms. The molecule has 0 N–H and O–H groups in total. The molecule has 0 saturated heterocycles. The molecule has 1 saturated carbocycles. The van der Waals surface area contributed by atoms with Crippen LogP contribution in [0, 0.1) is 5.92 Å². The van der Waals surface area contributed by atoms with Gasteiger partial charge in [-0.2, -0.15) is 0 Å². The summed E-state index contributed by atoms with van der Waals surface area (Å²) in [4.78, 5) is 0. The highest BCUT2D eigenvalue weighted by molar-refractivity contribution is 4.65. The van der Waals surface area contributed by atoms with Crippen molar-refractivity contribution in [1.82, 2.24) is 0 Å². The molecule has 0 aliphatic heterocycles. The topological polar surface area (TPSA) is 27.7 Å². The van der Waals surface area contributed by atoms with Crippen LogP contribution in [-0.4, -0.2) is 40.1 Å². The number of rotatable bonds is 7. The van der Waals surface area contributed by atoms with Crippen molar-refractivity contribution in [2.45, 2.75) is 38.2 Å². The molecule has 15 heavy (non-hydrogen) atoms. The number of ether oxygens (including phenoxy) is 3. The smallest absolute Gasteiger partial charge is 0.104 e. The van der Waals surface area contributed by atoms with E-state index in [9.17, 15) is 0 Å². The van der Waals surface area contributed by atoms with Crippen LogP contribution in [-0.2, 0) is 14.2 Å². The van der Waals surface area contributed by atoms with Crippen LogP contribution in [0.25, 0.3) is 0 Å². The predicted octanol–water partition coefficient (Wildman–Crippen LogP) is 2.24. The second-order valence-electron chi connectivity index (χ2n) is 4.35. The van der Waals surface area contributed by atoms with Crippen molar-refractivity contribution in [2.75, 3.05) is 34.0 Å². The van der Waals surface area contributed by atoms with E-state index in [1.54, 1.807) is 14.2 Å². The van der Waals surface area contributed by atoms with Crippen molar-refractivity contribution >= 4 is 0 Å². The SMILES string of the molecule is COC[C@H](COCC1CCCCC1)OC. The van der Waals surface area contributed by atoms with Crippen molar-refractivity contribution < 1.29 is 14.2 Å². The first-order chi connectivity index (χ1) is 7.36. The number of hydrogen-bond acceptors (Lipinski definition) is 3. The molecule has 3 heteroatoms. The summed E-state index contributed by atoms with van der Waals surface area (Å²) >= 11 is 0. The normalized spacial score (nSPS) is 20.4. The van der Waals surface area contributed by atoms with Gasteiger partial charge in [0, 0.05) is 20.8 Å². The second-order valence-corrected chi connectivity index (χ2v) is 4.35. The van der Waals surface area contributed by atoms with Crippen LogP contribution in [0.5, 0.6) is 0 Å². The van der Waals surface area contributed by atoms with Crippen LogP contribution in [0.1, 0.15) is 32.1 Å². The quantitative estimate of drug-likeness (QED) is 0.653. The Labute approximate surface area is 93.1 Å². The van der Waals surface area contributed by atoms with E-state index in [4.69, 9.17) is 14.2 Å². The van der Waals surface area contributed by atoms with Gasteiger partial charge in [0.05, 0.1) is 13.2 Å². The third-order valence-corrected chi connectivity index (χ3v) is 3.07. The van der Waals surface area contributed by atoms with Crippen molar-refractivity contribution in [3.63, 3.8) is 0 Å². The molecule has 1 atom stereocenters. The number of hydrogen-bond donors (Lipinski definition) is 0. The Balaban J connectivity index is 2.03. The van der Waals surface area contributed by atoms with Gasteiger partial charge in [-0.25, -0.2) is 0 Å². The summed E-state index contributed by atoms with van der Waals surface area (Å²) in [5, 5.41) is 0. The van der Waals surface area contributed by atoms with Gasteiger partial charge in [-0.1, -0.05) is 19.3 Å². The molecule has 0 aromatic rings. The van der Waals surface area contributed by atoms with E-state index in [0.717, 1.165) is 12.5 Å². The maximum absolute atomic E-state index is 5.67. The maximum Gasteiger partial charge on any atom is 0.104 e. The van der Waals surface area contributed by atoms with Crippen LogP contribution >= 0.6 is 0 Å². The summed E-state index contributed by atoms with van der Waals surface area (Å²) < 4.78 is 15.9. The molecule has 0 heterocycles. The Kier molecular flexibility index (Phi) is 6.98. The fourth-order valence-electron chi connectivity index (χ4n) is 2.09. The van der Waals surface area contributed by atoms with Gasteiger partial charge in [0.2, 0.25) is 0 Å². The molecule has 1 aliphatic rings. The van der Waals surface area contributed by atoms with E-state index >= 15 is 0 Å². The van der Waals surface area contributed by atoms with Gasteiger partial charge in [0.25, 0.3) is 0 Å². The van der Waals surface area contributed by atoms with Crippen molar-refractivity contribution in [1.29, 1.82) is 0 Å². The molecule has 1 rings (SSSR count). The van der Waals surface area contributed by atoms with Gasteiger partial charge in [-0.15, -0.1) is 0 Å². The second kappa shape index (κ2) is 8.08. The molecular weight excluding hydrogens is 192 g/mol.